The van der Waals surface area contributed by atoms with Gasteiger partial charge in [0.15, 0.2) is 0 Å². The van der Waals surface area contributed by atoms with Gasteiger partial charge in [-0.05, 0) is 12.1 Å². The van der Waals surface area contributed by atoms with Gasteiger partial charge in [-0.1, -0.05) is 50.0 Å². The highest BCUT2D eigenvalue weighted by Gasteiger charge is 2.31. The van der Waals surface area contributed by atoms with Gasteiger partial charge in [-0.2, -0.15) is 9.40 Å². The maximum atomic E-state index is 12.9. The van der Waals surface area contributed by atoms with E-state index < -0.39 is 10.0 Å². The van der Waals surface area contributed by atoms with Crippen LogP contribution in [0.4, 0.5) is 5.82 Å². The molecule has 0 atom stereocenters. The summed E-state index contributed by atoms with van der Waals surface area (Å²) in [7, 11) is -1.97. The fourth-order valence-corrected chi connectivity index (χ4v) is 5.44. The van der Waals surface area contributed by atoms with Gasteiger partial charge in [-0.25, -0.2) is 8.42 Å². The predicted octanol–water partition coefficient (Wildman–Crippen LogP) is 2.97. The van der Waals surface area contributed by atoms with Crippen LogP contribution >= 0.6 is 23.2 Å². The van der Waals surface area contributed by atoms with Crippen LogP contribution in [0.15, 0.2) is 29.2 Å². The van der Waals surface area contributed by atoms with E-state index >= 15 is 0 Å². The highest BCUT2D eigenvalue weighted by atomic mass is 35.5. The summed E-state index contributed by atoms with van der Waals surface area (Å²) < 4.78 is 28.9. The van der Waals surface area contributed by atoms with Gasteiger partial charge in [0.1, 0.15) is 10.7 Å². The monoisotopic (exact) mass is 487 g/mol. The molecule has 0 saturated carbocycles. The molecule has 1 saturated heterocycles. The number of rotatable bonds is 5. The second-order valence-corrected chi connectivity index (χ2v) is 11.3. The SMILES string of the molecule is Cn1nc(C(C)(C)C)cc1NC(=O)CN1CCN(S(=O)(=O)c2cccc(Cl)c2Cl)CC1. The highest BCUT2D eigenvalue weighted by molar-refractivity contribution is 7.89. The van der Waals surface area contributed by atoms with E-state index in [4.69, 9.17) is 23.2 Å². The van der Waals surface area contributed by atoms with Crippen molar-refractivity contribution in [3.8, 4) is 0 Å². The maximum Gasteiger partial charge on any atom is 0.244 e. The molecule has 2 aromatic rings. The molecule has 0 radical (unpaired) electrons. The van der Waals surface area contributed by atoms with E-state index in [9.17, 15) is 13.2 Å². The quantitative estimate of drug-likeness (QED) is 0.700. The number of aryl methyl sites for hydroxylation is 1. The number of nitrogens with zero attached hydrogens (tertiary/aromatic N) is 4. The molecule has 1 aromatic carbocycles. The summed E-state index contributed by atoms with van der Waals surface area (Å²) >= 11 is 12.1. The first-order chi connectivity index (χ1) is 14.4. The summed E-state index contributed by atoms with van der Waals surface area (Å²) in [5.74, 6) is 0.462. The number of halogens is 2. The molecule has 1 fully saturated rings. The van der Waals surface area contributed by atoms with Crippen LogP contribution in [0, 0.1) is 0 Å². The molecular formula is C20H27Cl2N5O3S. The van der Waals surface area contributed by atoms with Crippen molar-refractivity contribution in [2.45, 2.75) is 31.1 Å². The fourth-order valence-electron chi connectivity index (χ4n) is 3.29. The number of amides is 1. The van der Waals surface area contributed by atoms with Crippen molar-refractivity contribution in [2.24, 2.45) is 7.05 Å². The Kier molecular flexibility index (Phi) is 7.02. The molecule has 1 amide bonds. The van der Waals surface area contributed by atoms with E-state index in [1.807, 2.05) is 11.0 Å². The van der Waals surface area contributed by atoms with Gasteiger partial charge in [0.05, 0.1) is 22.3 Å². The molecule has 0 unspecified atom stereocenters. The Balaban J connectivity index is 1.58. The van der Waals surface area contributed by atoms with E-state index in [1.54, 1.807) is 23.9 Å². The third-order valence-electron chi connectivity index (χ3n) is 5.15. The normalized spacial score (nSPS) is 16.5. The third kappa shape index (κ3) is 5.40. The van der Waals surface area contributed by atoms with Crippen LogP contribution in [0.2, 0.25) is 10.0 Å². The zero-order chi connectivity index (χ0) is 23.0. The first-order valence-corrected chi connectivity index (χ1v) is 12.1. The number of carbonyl (C=O) groups is 1. The molecule has 0 bridgehead atoms. The lowest BCUT2D eigenvalue weighted by Gasteiger charge is -2.33. The molecule has 31 heavy (non-hydrogen) atoms. The molecule has 2 heterocycles. The Labute approximate surface area is 193 Å². The second kappa shape index (κ2) is 9.07. The Hall–Kier alpha value is -1.65. The molecule has 0 aliphatic carbocycles. The number of piperazine rings is 1. The molecule has 3 rings (SSSR count). The predicted molar refractivity (Wildman–Crippen MR) is 122 cm³/mol. The summed E-state index contributed by atoms with van der Waals surface area (Å²) in [5.41, 5.74) is 0.776. The average Bonchev–Trinajstić information content (AvgIpc) is 3.05. The molecule has 1 N–H and O–H groups in total. The van der Waals surface area contributed by atoms with Gasteiger partial charge in [0, 0.05) is 44.7 Å². The zero-order valence-corrected chi connectivity index (χ0v) is 20.4. The Morgan fingerprint density at radius 1 is 1.16 bits per heavy atom. The van der Waals surface area contributed by atoms with Gasteiger partial charge in [-0.15, -0.1) is 0 Å². The lowest BCUT2D eigenvalue weighted by Crippen LogP contribution is -2.50. The van der Waals surface area contributed by atoms with Crippen LogP contribution in [0.25, 0.3) is 0 Å². The molecule has 11 heteroatoms. The lowest BCUT2D eigenvalue weighted by atomic mass is 9.92. The standard InChI is InChI=1S/C20H27Cl2N5O3S/c1-20(2,3)16-12-17(25(4)24-16)23-18(28)13-26-8-10-27(11-9-26)31(29,30)15-7-5-6-14(21)19(15)22/h5-7,12H,8-11,13H2,1-4H3,(H,23,28). The first-order valence-electron chi connectivity index (χ1n) is 9.90. The zero-order valence-electron chi connectivity index (χ0n) is 18.0. The number of hydrogen-bond acceptors (Lipinski definition) is 5. The Bertz CT molecular complexity index is 1070. The number of carbonyl (C=O) groups excluding carboxylic acids is 1. The van der Waals surface area contributed by atoms with Gasteiger partial charge in [0.2, 0.25) is 15.9 Å². The van der Waals surface area contributed by atoms with Crippen LogP contribution < -0.4 is 5.32 Å². The summed E-state index contributed by atoms with van der Waals surface area (Å²) in [6.45, 7) is 7.74. The van der Waals surface area contributed by atoms with Crippen LogP contribution in [0.3, 0.4) is 0 Å². The number of benzene rings is 1. The largest absolute Gasteiger partial charge is 0.310 e. The van der Waals surface area contributed by atoms with Crippen LogP contribution in [0.5, 0.6) is 0 Å². The number of sulfonamides is 1. The highest BCUT2D eigenvalue weighted by Crippen LogP contribution is 2.31. The van der Waals surface area contributed by atoms with Gasteiger partial charge in [0.25, 0.3) is 0 Å². The van der Waals surface area contributed by atoms with Crippen LogP contribution in [-0.4, -0.2) is 66.0 Å². The molecule has 0 spiro atoms. The summed E-state index contributed by atoms with van der Waals surface area (Å²) in [4.78, 5) is 14.4. The number of aromatic nitrogens is 2. The van der Waals surface area contributed by atoms with Crippen LogP contribution in [0.1, 0.15) is 26.5 Å². The first kappa shape index (κ1) is 24.0. The van der Waals surface area contributed by atoms with Crippen molar-refractivity contribution in [3.05, 3.63) is 40.0 Å². The molecule has 1 aliphatic heterocycles. The minimum absolute atomic E-state index is 0.00119. The van der Waals surface area contributed by atoms with E-state index in [1.165, 1.54) is 10.4 Å². The minimum Gasteiger partial charge on any atom is -0.310 e. The second-order valence-electron chi connectivity index (χ2n) is 8.57. The molecule has 1 aliphatic rings. The fraction of sp³-hybridized carbons (Fsp3) is 0.500. The van der Waals surface area contributed by atoms with Crippen LogP contribution in [-0.2, 0) is 27.3 Å². The van der Waals surface area contributed by atoms with E-state index in [2.05, 4.69) is 31.2 Å². The van der Waals surface area contributed by atoms with Crippen molar-refractivity contribution in [1.82, 2.24) is 19.0 Å². The smallest absolute Gasteiger partial charge is 0.244 e. The minimum atomic E-state index is -3.75. The van der Waals surface area contributed by atoms with Gasteiger partial charge >= 0.3 is 0 Å². The number of nitrogens with one attached hydrogen (secondary N) is 1. The third-order valence-corrected chi connectivity index (χ3v) is 8.02. The van der Waals surface area contributed by atoms with Crippen molar-refractivity contribution in [2.75, 3.05) is 38.0 Å². The molecule has 8 nitrogen and oxygen atoms in total. The summed E-state index contributed by atoms with van der Waals surface area (Å²) in [6, 6.07) is 6.43. The van der Waals surface area contributed by atoms with Gasteiger partial charge in [-0.3, -0.25) is 14.4 Å². The topological polar surface area (TPSA) is 87.5 Å². The van der Waals surface area contributed by atoms with Crippen molar-refractivity contribution < 1.29 is 13.2 Å². The molecular weight excluding hydrogens is 461 g/mol. The van der Waals surface area contributed by atoms with Crippen molar-refractivity contribution >= 4 is 45.0 Å². The number of anilines is 1. The lowest BCUT2D eigenvalue weighted by molar-refractivity contribution is -0.117. The van der Waals surface area contributed by atoms with Gasteiger partial charge < -0.3 is 5.32 Å². The summed E-state index contributed by atoms with van der Waals surface area (Å²) in [5, 5.41) is 7.56. The van der Waals surface area contributed by atoms with Crippen molar-refractivity contribution in [1.29, 1.82) is 0 Å². The maximum absolute atomic E-state index is 12.9. The van der Waals surface area contributed by atoms with E-state index in [0.29, 0.717) is 18.9 Å². The number of hydrogen-bond donors (Lipinski definition) is 1. The van der Waals surface area contributed by atoms with E-state index in [0.717, 1.165) is 5.69 Å². The Morgan fingerprint density at radius 2 is 1.81 bits per heavy atom. The average molecular weight is 488 g/mol. The summed E-state index contributed by atoms with van der Waals surface area (Å²) in [6.07, 6.45) is 0. The van der Waals surface area contributed by atoms with E-state index in [-0.39, 0.29) is 45.9 Å². The van der Waals surface area contributed by atoms with Crippen molar-refractivity contribution in [3.63, 3.8) is 0 Å². The molecule has 170 valence electrons. The molecule has 1 aromatic heterocycles. The Morgan fingerprint density at radius 3 is 2.39 bits per heavy atom.